The van der Waals surface area contributed by atoms with Crippen LogP contribution >= 0.6 is 0 Å². The standard InChI is InChI=1S/C25H22N2O2/c28-24(15-21-16-29-23-14-20-8-4-7-19(20)13-22(21)23)27-25(17-5-2-1-3-6-17)18-9-11-26-12-10-18/h1-3,5-6,9-14,16,25H,4,7-8,15H2,(H,27,28)/t25-/m0/s1. The summed E-state index contributed by atoms with van der Waals surface area (Å²) in [5.74, 6) is -0.0288. The summed E-state index contributed by atoms with van der Waals surface area (Å²) in [6, 6.07) is 18.0. The first-order chi connectivity index (χ1) is 14.3. The zero-order valence-corrected chi connectivity index (χ0v) is 16.1. The van der Waals surface area contributed by atoms with Gasteiger partial charge in [-0.1, -0.05) is 30.3 Å². The number of carbonyl (C=O) groups is 1. The van der Waals surface area contributed by atoms with Crippen molar-refractivity contribution in [2.75, 3.05) is 0 Å². The first-order valence-corrected chi connectivity index (χ1v) is 10.0. The van der Waals surface area contributed by atoms with Gasteiger partial charge in [0.2, 0.25) is 5.91 Å². The molecule has 1 N–H and O–H groups in total. The molecule has 0 aliphatic heterocycles. The Labute approximate surface area is 169 Å². The van der Waals surface area contributed by atoms with Gasteiger partial charge in [0.15, 0.2) is 0 Å². The lowest BCUT2D eigenvalue weighted by molar-refractivity contribution is -0.120. The third kappa shape index (κ3) is 3.54. The van der Waals surface area contributed by atoms with Crippen LogP contribution in [0.3, 0.4) is 0 Å². The largest absolute Gasteiger partial charge is 0.464 e. The summed E-state index contributed by atoms with van der Waals surface area (Å²) < 4.78 is 5.76. The monoisotopic (exact) mass is 382 g/mol. The summed E-state index contributed by atoms with van der Waals surface area (Å²) >= 11 is 0. The van der Waals surface area contributed by atoms with E-state index >= 15 is 0 Å². The number of carbonyl (C=O) groups excluding carboxylic acids is 1. The van der Waals surface area contributed by atoms with Gasteiger partial charge >= 0.3 is 0 Å². The Hall–Kier alpha value is -3.40. The molecule has 4 heteroatoms. The lowest BCUT2D eigenvalue weighted by Gasteiger charge is -2.19. The van der Waals surface area contributed by atoms with E-state index in [0.29, 0.717) is 6.42 Å². The second-order valence-corrected chi connectivity index (χ2v) is 7.60. The summed E-state index contributed by atoms with van der Waals surface area (Å²) in [5, 5.41) is 4.25. The normalized spacial score (nSPS) is 13.9. The van der Waals surface area contributed by atoms with Crippen molar-refractivity contribution >= 4 is 16.9 Å². The van der Waals surface area contributed by atoms with Gasteiger partial charge in [-0.25, -0.2) is 0 Å². The van der Waals surface area contributed by atoms with Gasteiger partial charge in [0.1, 0.15) is 5.58 Å². The quantitative estimate of drug-likeness (QED) is 0.541. The minimum absolute atomic E-state index is 0.0288. The molecule has 0 unspecified atom stereocenters. The minimum Gasteiger partial charge on any atom is -0.464 e. The van der Waals surface area contributed by atoms with Gasteiger partial charge in [-0.3, -0.25) is 9.78 Å². The van der Waals surface area contributed by atoms with Crippen LogP contribution < -0.4 is 5.32 Å². The van der Waals surface area contributed by atoms with E-state index in [-0.39, 0.29) is 11.9 Å². The third-order valence-corrected chi connectivity index (χ3v) is 5.70. The molecule has 0 radical (unpaired) electrons. The number of benzene rings is 2. The molecule has 0 bridgehead atoms. The van der Waals surface area contributed by atoms with Gasteiger partial charge in [-0.2, -0.15) is 0 Å². The van der Waals surface area contributed by atoms with Crippen LogP contribution in [0.25, 0.3) is 11.0 Å². The molecule has 4 nitrogen and oxygen atoms in total. The highest BCUT2D eigenvalue weighted by Gasteiger charge is 2.20. The van der Waals surface area contributed by atoms with E-state index in [1.54, 1.807) is 18.7 Å². The number of fused-ring (bicyclic) bond motifs is 2. The lowest BCUT2D eigenvalue weighted by Crippen LogP contribution is -2.30. The fourth-order valence-corrected chi connectivity index (χ4v) is 4.23. The maximum absolute atomic E-state index is 13.0. The molecule has 2 aromatic heterocycles. The molecule has 0 fully saturated rings. The van der Waals surface area contributed by atoms with Crippen LogP contribution in [-0.4, -0.2) is 10.9 Å². The first kappa shape index (κ1) is 17.7. The fourth-order valence-electron chi connectivity index (χ4n) is 4.23. The Kier molecular flexibility index (Phi) is 4.60. The predicted octanol–water partition coefficient (Wildman–Crippen LogP) is 4.76. The topological polar surface area (TPSA) is 55.1 Å². The number of furan rings is 1. The van der Waals surface area contributed by atoms with Gasteiger partial charge < -0.3 is 9.73 Å². The van der Waals surface area contributed by atoms with E-state index in [0.717, 1.165) is 40.5 Å². The van der Waals surface area contributed by atoms with Crippen molar-refractivity contribution < 1.29 is 9.21 Å². The average molecular weight is 382 g/mol. The summed E-state index contributed by atoms with van der Waals surface area (Å²) in [5.41, 5.74) is 6.64. The zero-order valence-electron chi connectivity index (χ0n) is 16.1. The molecule has 1 amide bonds. The van der Waals surface area contributed by atoms with Gasteiger partial charge in [0.05, 0.1) is 18.7 Å². The molecule has 0 saturated carbocycles. The van der Waals surface area contributed by atoms with Crippen LogP contribution in [0.2, 0.25) is 0 Å². The minimum atomic E-state index is -0.214. The third-order valence-electron chi connectivity index (χ3n) is 5.70. The van der Waals surface area contributed by atoms with E-state index in [1.165, 1.54) is 17.5 Å². The van der Waals surface area contributed by atoms with E-state index in [4.69, 9.17) is 4.42 Å². The predicted molar refractivity (Wildman–Crippen MR) is 113 cm³/mol. The molecule has 5 rings (SSSR count). The maximum atomic E-state index is 13.0. The highest BCUT2D eigenvalue weighted by atomic mass is 16.3. The van der Waals surface area contributed by atoms with Gasteiger partial charge in [0, 0.05) is 23.3 Å². The van der Waals surface area contributed by atoms with Crippen molar-refractivity contribution in [3.63, 3.8) is 0 Å². The average Bonchev–Trinajstić information content (AvgIpc) is 3.38. The molecule has 29 heavy (non-hydrogen) atoms. The second kappa shape index (κ2) is 7.55. The molecular formula is C25H22N2O2. The molecule has 2 heterocycles. The van der Waals surface area contributed by atoms with Crippen LogP contribution in [0.15, 0.2) is 77.7 Å². The van der Waals surface area contributed by atoms with E-state index in [9.17, 15) is 4.79 Å². The summed E-state index contributed by atoms with van der Waals surface area (Å²) in [7, 11) is 0. The number of rotatable bonds is 5. The van der Waals surface area contributed by atoms with E-state index in [2.05, 4.69) is 22.4 Å². The molecule has 2 aromatic carbocycles. The molecule has 1 aliphatic carbocycles. The first-order valence-electron chi connectivity index (χ1n) is 10.0. The van der Waals surface area contributed by atoms with Crippen molar-refractivity contribution in [2.24, 2.45) is 0 Å². The van der Waals surface area contributed by atoms with Crippen molar-refractivity contribution in [1.82, 2.24) is 10.3 Å². The summed E-state index contributed by atoms with van der Waals surface area (Å²) in [6.07, 6.45) is 8.95. The maximum Gasteiger partial charge on any atom is 0.225 e. The summed E-state index contributed by atoms with van der Waals surface area (Å²) in [6.45, 7) is 0. The Morgan fingerprint density at radius 3 is 2.52 bits per heavy atom. The fraction of sp³-hybridized carbons (Fsp3) is 0.200. The number of amides is 1. The molecular weight excluding hydrogens is 360 g/mol. The summed E-state index contributed by atoms with van der Waals surface area (Å²) in [4.78, 5) is 17.1. The molecule has 4 aromatic rings. The van der Waals surface area contributed by atoms with E-state index < -0.39 is 0 Å². The van der Waals surface area contributed by atoms with Crippen LogP contribution in [0, 0.1) is 0 Å². The highest BCUT2D eigenvalue weighted by molar-refractivity contribution is 5.89. The van der Waals surface area contributed by atoms with Crippen LogP contribution in [0.4, 0.5) is 0 Å². The van der Waals surface area contributed by atoms with Crippen LogP contribution in [-0.2, 0) is 24.1 Å². The Morgan fingerprint density at radius 1 is 1.00 bits per heavy atom. The Morgan fingerprint density at radius 2 is 1.72 bits per heavy atom. The number of nitrogens with one attached hydrogen (secondary N) is 1. The van der Waals surface area contributed by atoms with Gasteiger partial charge in [-0.05, 0) is 65.8 Å². The smallest absolute Gasteiger partial charge is 0.225 e. The Bertz CT molecular complexity index is 1110. The number of aromatic nitrogens is 1. The van der Waals surface area contributed by atoms with Gasteiger partial charge in [0.25, 0.3) is 0 Å². The number of hydrogen-bond acceptors (Lipinski definition) is 3. The van der Waals surface area contributed by atoms with Crippen molar-refractivity contribution in [1.29, 1.82) is 0 Å². The zero-order chi connectivity index (χ0) is 19.6. The number of aryl methyl sites for hydroxylation is 2. The van der Waals surface area contributed by atoms with Crippen molar-refractivity contribution in [3.8, 4) is 0 Å². The SMILES string of the molecule is O=C(Cc1coc2cc3c(cc12)CCC3)N[C@@H](c1ccccc1)c1ccncc1. The second-order valence-electron chi connectivity index (χ2n) is 7.60. The lowest BCUT2D eigenvalue weighted by atomic mass is 9.99. The van der Waals surface area contributed by atoms with Crippen LogP contribution in [0.5, 0.6) is 0 Å². The van der Waals surface area contributed by atoms with Crippen LogP contribution in [0.1, 0.15) is 40.3 Å². The molecule has 0 spiro atoms. The van der Waals surface area contributed by atoms with Crippen molar-refractivity contribution in [3.05, 3.63) is 101 Å². The number of nitrogens with zero attached hydrogens (tertiary/aromatic N) is 1. The van der Waals surface area contributed by atoms with Gasteiger partial charge in [-0.15, -0.1) is 0 Å². The molecule has 0 saturated heterocycles. The highest BCUT2D eigenvalue weighted by Crippen LogP contribution is 2.31. The van der Waals surface area contributed by atoms with Crippen molar-refractivity contribution in [2.45, 2.75) is 31.7 Å². The molecule has 144 valence electrons. The molecule has 1 atom stereocenters. The Balaban J connectivity index is 1.41. The number of hydrogen-bond donors (Lipinski definition) is 1. The number of pyridine rings is 1. The van der Waals surface area contributed by atoms with E-state index in [1.807, 2.05) is 42.5 Å². The molecule has 1 aliphatic rings.